The fourth-order valence-corrected chi connectivity index (χ4v) is 2.92. The molecule has 4 rings (SSSR count). The van der Waals surface area contributed by atoms with Gasteiger partial charge in [0.15, 0.2) is 5.84 Å². The largest absolute Gasteiger partial charge is 0.274 e. The quantitative estimate of drug-likeness (QED) is 0.844. The van der Waals surface area contributed by atoms with Gasteiger partial charge < -0.3 is 0 Å². The number of amidine groups is 1. The van der Waals surface area contributed by atoms with Crippen molar-refractivity contribution < 1.29 is 4.79 Å². The van der Waals surface area contributed by atoms with Crippen LogP contribution in [0.1, 0.15) is 21.5 Å². The molecule has 0 aliphatic carbocycles. The van der Waals surface area contributed by atoms with Gasteiger partial charge in [-0.2, -0.15) is 0 Å². The molecule has 0 fully saturated rings. The molecule has 104 valence electrons. The Balaban J connectivity index is 1.69. The van der Waals surface area contributed by atoms with E-state index in [0.717, 1.165) is 36.6 Å². The fourth-order valence-electron chi connectivity index (χ4n) is 2.92. The van der Waals surface area contributed by atoms with Crippen LogP contribution in [0.4, 0.5) is 0 Å². The molecule has 21 heavy (non-hydrogen) atoms. The van der Waals surface area contributed by atoms with Crippen molar-refractivity contribution >= 4 is 11.7 Å². The Hall–Kier alpha value is -2.46. The van der Waals surface area contributed by atoms with E-state index < -0.39 is 0 Å². The Labute approximate surface area is 123 Å². The molecule has 4 heteroatoms. The third-order valence-corrected chi connectivity index (χ3v) is 3.90. The minimum atomic E-state index is 0.0278. The number of aliphatic imine (C=N–C) groups is 1. The number of rotatable bonds is 2. The fraction of sp³-hybridized carbons (Fsp3) is 0.176. The minimum Gasteiger partial charge on any atom is -0.267 e. The van der Waals surface area contributed by atoms with Crippen LogP contribution >= 0.6 is 0 Å². The van der Waals surface area contributed by atoms with Crippen LogP contribution in [0.2, 0.25) is 0 Å². The molecule has 0 saturated heterocycles. The lowest BCUT2D eigenvalue weighted by Gasteiger charge is -2.34. The molecule has 2 heterocycles. The number of hydrogen-bond donors (Lipinski definition) is 0. The Morgan fingerprint density at radius 2 is 1.67 bits per heavy atom. The molecule has 2 aromatic carbocycles. The van der Waals surface area contributed by atoms with Crippen molar-refractivity contribution in [1.29, 1.82) is 0 Å². The summed E-state index contributed by atoms with van der Waals surface area (Å²) in [6.45, 7) is 2.21. The van der Waals surface area contributed by atoms with Gasteiger partial charge in [0.05, 0.1) is 12.1 Å². The van der Waals surface area contributed by atoms with Crippen LogP contribution in [0, 0.1) is 0 Å². The summed E-state index contributed by atoms with van der Waals surface area (Å²) >= 11 is 0. The first-order chi connectivity index (χ1) is 10.3. The van der Waals surface area contributed by atoms with Gasteiger partial charge >= 0.3 is 0 Å². The van der Waals surface area contributed by atoms with Gasteiger partial charge in [-0.15, -0.1) is 0 Å². The average Bonchev–Trinajstić information content (AvgIpc) is 2.83. The maximum absolute atomic E-state index is 12.6. The number of fused-ring (bicyclic) bond motifs is 3. The first kappa shape index (κ1) is 12.3. The van der Waals surface area contributed by atoms with Crippen molar-refractivity contribution in [3.8, 4) is 0 Å². The van der Waals surface area contributed by atoms with Crippen molar-refractivity contribution in [1.82, 2.24) is 10.0 Å². The maximum atomic E-state index is 12.6. The molecule has 0 atom stereocenters. The van der Waals surface area contributed by atoms with Crippen molar-refractivity contribution in [2.45, 2.75) is 6.54 Å². The van der Waals surface area contributed by atoms with E-state index in [1.807, 2.05) is 42.5 Å². The van der Waals surface area contributed by atoms with Crippen molar-refractivity contribution in [2.24, 2.45) is 4.99 Å². The number of amides is 1. The van der Waals surface area contributed by atoms with Crippen LogP contribution in [-0.4, -0.2) is 34.9 Å². The highest BCUT2D eigenvalue weighted by molar-refractivity contribution is 6.23. The topological polar surface area (TPSA) is 35.9 Å². The Kier molecular flexibility index (Phi) is 2.82. The van der Waals surface area contributed by atoms with E-state index >= 15 is 0 Å². The second-order valence-corrected chi connectivity index (χ2v) is 5.24. The van der Waals surface area contributed by atoms with Gasteiger partial charge in [0, 0.05) is 18.7 Å². The zero-order chi connectivity index (χ0) is 14.2. The van der Waals surface area contributed by atoms with E-state index in [1.165, 1.54) is 5.56 Å². The minimum absolute atomic E-state index is 0.0278. The molecule has 0 saturated carbocycles. The van der Waals surface area contributed by atoms with Crippen molar-refractivity contribution in [3.05, 3.63) is 71.3 Å². The van der Waals surface area contributed by atoms with Crippen molar-refractivity contribution in [3.63, 3.8) is 0 Å². The molecule has 0 radical (unpaired) electrons. The summed E-state index contributed by atoms with van der Waals surface area (Å²) in [6, 6.07) is 17.9. The second kappa shape index (κ2) is 4.82. The molecule has 0 bridgehead atoms. The summed E-state index contributed by atoms with van der Waals surface area (Å²) < 4.78 is 0. The van der Waals surface area contributed by atoms with E-state index in [9.17, 15) is 4.79 Å². The number of carbonyl (C=O) groups is 1. The SMILES string of the molecule is O=C1c2ccccc2C2=NCCN(Cc3ccccc3)N12. The molecule has 0 aromatic heterocycles. The van der Waals surface area contributed by atoms with Crippen LogP contribution in [0.25, 0.3) is 0 Å². The lowest BCUT2D eigenvalue weighted by Crippen LogP contribution is -2.50. The number of benzene rings is 2. The van der Waals surface area contributed by atoms with E-state index in [2.05, 4.69) is 22.1 Å². The van der Waals surface area contributed by atoms with Gasteiger partial charge in [-0.05, 0) is 11.6 Å². The van der Waals surface area contributed by atoms with Gasteiger partial charge in [0.1, 0.15) is 0 Å². The molecular weight excluding hydrogens is 262 g/mol. The first-order valence-corrected chi connectivity index (χ1v) is 7.12. The van der Waals surface area contributed by atoms with Crippen LogP contribution in [0.3, 0.4) is 0 Å². The summed E-state index contributed by atoms with van der Waals surface area (Å²) in [5, 5.41) is 3.82. The van der Waals surface area contributed by atoms with Crippen LogP contribution in [0.15, 0.2) is 59.6 Å². The highest BCUT2D eigenvalue weighted by atomic mass is 16.2. The monoisotopic (exact) mass is 277 g/mol. The summed E-state index contributed by atoms with van der Waals surface area (Å²) in [5.74, 6) is 0.817. The Bertz CT molecular complexity index is 724. The van der Waals surface area contributed by atoms with Gasteiger partial charge in [-0.3, -0.25) is 9.79 Å². The summed E-state index contributed by atoms with van der Waals surface area (Å²) in [6.07, 6.45) is 0. The average molecular weight is 277 g/mol. The molecule has 1 amide bonds. The van der Waals surface area contributed by atoms with Gasteiger partial charge in [-0.1, -0.05) is 48.5 Å². The highest BCUT2D eigenvalue weighted by Crippen LogP contribution is 2.27. The standard InChI is InChI=1S/C17H15N3O/c21-17-15-9-5-4-8-14(15)16-18-10-11-19(20(16)17)12-13-6-2-1-3-7-13/h1-9H,10-12H2. The summed E-state index contributed by atoms with van der Waals surface area (Å²) in [5.41, 5.74) is 2.89. The lowest BCUT2D eigenvalue weighted by atomic mass is 10.1. The number of nitrogens with zero attached hydrogens (tertiary/aromatic N) is 3. The smallest absolute Gasteiger partial charge is 0.267 e. The molecule has 0 N–H and O–H groups in total. The van der Waals surface area contributed by atoms with E-state index in [-0.39, 0.29) is 5.91 Å². The molecule has 0 unspecified atom stereocenters. The maximum Gasteiger partial charge on any atom is 0.274 e. The first-order valence-electron chi connectivity index (χ1n) is 7.12. The van der Waals surface area contributed by atoms with E-state index in [4.69, 9.17) is 0 Å². The zero-order valence-corrected chi connectivity index (χ0v) is 11.6. The summed E-state index contributed by atoms with van der Waals surface area (Å²) in [4.78, 5) is 17.2. The van der Waals surface area contributed by atoms with Crippen LogP contribution in [-0.2, 0) is 6.54 Å². The number of hydrazine groups is 1. The Morgan fingerprint density at radius 1 is 0.952 bits per heavy atom. The molecule has 2 aliphatic heterocycles. The van der Waals surface area contributed by atoms with Crippen LogP contribution in [0.5, 0.6) is 0 Å². The molecule has 4 nitrogen and oxygen atoms in total. The molecule has 2 aliphatic rings. The predicted octanol–water partition coefficient (Wildman–Crippen LogP) is 2.32. The lowest BCUT2D eigenvalue weighted by molar-refractivity contribution is 0.0266. The normalized spacial score (nSPS) is 17.4. The molecule has 0 spiro atoms. The number of carbonyl (C=O) groups excluding carboxylic acids is 1. The highest BCUT2D eigenvalue weighted by Gasteiger charge is 2.38. The van der Waals surface area contributed by atoms with Crippen LogP contribution < -0.4 is 0 Å². The van der Waals surface area contributed by atoms with E-state index in [1.54, 1.807) is 5.01 Å². The van der Waals surface area contributed by atoms with Crippen molar-refractivity contribution in [2.75, 3.05) is 13.1 Å². The number of hydrogen-bond acceptors (Lipinski definition) is 3. The van der Waals surface area contributed by atoms with Gasteiger partial charge in [0.2, 0.25) is 0 Å². The summed E-state index contributed by atoms with van der Waals surface area (Å²) in [7, 11) is 0. The molecule has 2 aromatic rings. The second-order valence-electron chi connectivity index (χ2n) is 5.24. The predicted molar refractivity (Wildman–Crippen MR) is 80.9 cm³/mol. The Morgan fingerprint density at radius 3 is 2.48 bits per heavy atom. The third kappa shape index (κ3) is 1.96. The van der Waals surface area contributed by atoms with Gasteiger partial charge in [-0.25, -0.2) is 10.0 Å². The third-order valence-electron chi connectivity index (χ3n) is 3.90. The van der Waals surface area contributed by atoms with Gasteiger partial charge in [0.25, 0.3) is 5.91 Å². The zero-order valence-electron chi connectivity index (χ0n) is 11.6. The molecular formula is C17H15N3O. The van der Waals surface area contributed by atoms with E-state index in [0.29, 0.717) is 0 Å².